The molecule has 0 atom stereocenters. The van der Waals surface area contributed by atoms with Gasteiger partial charge in [-0.2, -0.15) is 0 Å². The molecule has 3 rings (SSSR count). The van der Waals surface area contributed by atoms with E-state index in [9.17, 15) is 4.79 Å². The van der Waals surface area contributed by atoms with Gasteiger partial charge in [0.15, 0.2) is 0 Å². The Morgan fingerprint density at radius 3 is 2.62 bits per heavy atom. The minimum absolute atomic E-state index is 0.154. The topological polar surface area (TPSA) is 60.5 Å². The number of benzene rings is 2. The fourth-order valence-electron chi connectivity index (χ4n) is 2.47. The van der Waals surface area contributed by atoms with Crippen LogP contribution < -0.4 is 14.8 Å². The van der Waals surface area contributed by atoms with Gasteiger partial charge in [0.05, 0.1) is 12.6 Å². The van der Waals surface area contributed by atoms with Crippen LogP contribution in [0.1, 0.15) is 12.5 Å². The molecule has 0 aliphatic carbocycles. The number of aromatic nitrogens is 1. The molecular formula is C19H18N2O3. The second kappa shape index (κ2) is 6.58. The van der Waals surface area contributed by atoms with Crippen molar-refractivity contribution in [2.75, 3.05) is 12.4 Å². The maximum atomic E-state index is 11.3. The standard InChI is InChI=1S/C19H18N2O3/c1-12-4-5-18-17(8-12)19(6-7-20-18)24-16-10-14(21-13(2)22)9-15(11-16)23-3/h4-11H,1-3H3,(H,21,22). The van der Waals surface area contributed by atoms with E-state index in [1.807, 2.05) is 31.2 Å². The summed E-state index contributed by atoms with van der Waals surface area (Å²) in [5.41, 5.74) is 2.61. The number of methoxy groups -OCH3 is 1. The molecule has 3 aromatic rings. The van der Waals surface area contributed by atoms with Crippen LogP contribution in [0, 0.1) is 6.92 Å². The molecule has 2 aromatic carbocycles. The van der Waals surface area contributed by atoms with Gasteiger partial charge in [0.25, 0.3) is 0 Å². The van der Waals surface area contributed by atoms with E-state index in [1.165, 1.54) is 6.92 Å². The maximum absolute atomic E-state index is 11.3. The fraction of sp³-hybridized carbons (Fsp3) is 0.158. The lowest BCUT2D eigenvalue weighted by Crippen LogP contribution is -2.06. The SMILES string of the molecule is COc1cc(NC(C)=O)cc(Oc2ccnc3ccc(C)cc23)c1. The summed E-state index contributed by atoms with van der Waals surface area (Å²) in [5.74, 6) is 1.72. The molecule has 0 spiro atoms. The van der Waals surface area contributed by atoms with E-state index < -0.39 is 0 Å². The molecule has 5 nitrogen and oxygen atoms in total. The Morgan fingerprint density at radius 1 is 1.08 bits per heavy atom. The number of ether oxygens (including phenoxy) is 2. The van der Waals surface area contributed by atoms with Crippen molar-refractivity contribution in [1.29, 1.82) is 0 Å². The molecule has 1 heterocycles. The quantitative estimate of drug-likeness (QED) is 0.778. The highest BCUT2D eigenvalue weighted by molar-refractivity contribution is 5.89. The van der Waals surface area contributed by atoms with Gasteiger partial charge in [-0.15, -0.1) is 0 Å². The average molecular weight is 322 g/mol. The number of hydrogen-bond donors (Lipinski definition) is 1. The van der Waals surface area contributed by atoms with Gasteiger partial charge < -0.3 is 14.8 Å². The van der Waals surface area contributed by atoms with Gasteiger partial charge in [0, 0.05) is 42.4 Å². The highest BCUT2D eigenvalue weighted by atomic mass is 16.5. The van der Waals surface area contributed by atoms with E-state index in [2.05, 4.69) is 10.3 Å². The third-order valence-corrected chi connectivity index (χ3v) is 3.52. The van der Waals surface area contributed by atoms with Gasteiger partial charge >= 0.3 is 0 Å². The largest absolute Gasteiger partial charge is 0.497 e. The molecule has 0 fully saturated rings. The van der Waals surface area contributed by atoms with E-state index in [-0.39, 0.29) is 5.91 Å². The number of hydrogen-bond acceptors (Lipinski definition) is 4. The van der Waals surface area contributed by atoms with Crippen LogP contribution in [-0.4, -0.2) is 18.0 Å². The number of nitrogens with zero attached hydrogens (tertiary/aromatic N) is 1. The van der Waals surface area contributed by atoms with Crippen LogP contribution >= 0.6 is 0 Å². The highest BCUT2D eigenvalue weighted by Crippen LogP contribution is 2.33. The maximum Gasteiger partial charge on any atom is 0.221 e. The molecule has 1 amide bonds. The molecule has 122 valence electrons. The molecule has 0 saturated carbocycles. The molecule has 0 saturated heterocycles. The van der Waals surface area contributed by atoms with Crippen molar-refractivity contribution < 1.29 is 14.3 Å². The monoisotopic (exact) mass is 322 g/mol. The number of aryl methyl sites for hydroxylation is 1. The summed E-state index contributed by atoms with van der Waals surface area (Å²) in [6.45, 7) is 3.48. The Labute approximate surface area is 140 Å². The first-order valence-corrected chi connectivity index (χ1v) is 7.55. The predicted octanol–water partition coefficient (Wildman–Crippen LogP) is 4.30. The summed E-state index contributed by atoms with van der Waals surface area (Å²) in [4.78, 5) is 15.6. The molecule has 0 unspecified atom stereocenters. The van der Waals surface area contributed by atoms with Crippen LogP contribution in [0.5, 0.6) is 17.2 Å². The van der Waals surface area contributed by atoms with E-state index in [1.54, 1.807) is 31.5 Å². The molecule has 0 radical (unpaired) electrons. The Morgan fingerprint density at radius 2 is 1.88 bits per heavy atom. The minimum atomic E-state index is -0.154. The number of rotatable bonds is 4. The van der Waals surface area contributed by atoms with Crippen LogP contribution in [0.15, 0.2) is 48.7 Å². The third kappa shape index (κ3) is 3.46. The molecule has 0 aliphatic rings. The first-order valence-electron chi connectivity index (χ1n) is 7.55. The summed E-state index contributed by atoms with van der Waals surface area (Å²) >= 11 is 0. The molecule has 24 heavy (non-hydrogen) atoms. The zero-order valence-corrected chi connectivity index (χ0v) is 13.8. The zero-order chi connectivity index (χ0) is 17.1. The summed E-state index contributed by atoms with van der Waals surface area (Å²) in [6.07, 6.45) is 1.71. The Balaban J connectivity index is 2.01. The van der Waals surface area contributed by atoms with Gasteiger partial charge in [-0.25, -0.2) is 0 Å². The van der Waals surface area contributed by atoms with Crippen LogP contribution in [0.2, 0.25) is 0 Å². The number of carbonyl (C=O) groups is 1. The van der Waals surface area contributed by atoms with Gasteiger partial charge in [-0.1, -0.05) is 11.6 Å². The van der Waals surface area contributed by atoms with Crippen molar-refractivity contribution in [1.82, 2.24) is 4.98 Å². The Hall–Kier alpha value is -3.08. The van der Waals surface area contributed by atoms with Gasteiger partial charge in [-0.05, 0) is 25.1 Å². The number of amides is 1. The smallest absolute Gasteiger partial charge is 0.221 e. The lowest BCUT2D eigenvalue weighted by atomic mass is 10.1. The summed E-state index contributed by atoms with van der Waals surface area (Å²) in [7, 11) is 1.57. The van der Waals surface area contributed by atoms with Crippen molar-refractivity contribution in [3.63, 3.8) is 0 Å². The van der Waals surface area contributed by atoms with Gasteiger partial charge in [0.1, 0.15) is 17.2 Å². The van der Waals surface area contributed by atoms with Crippen LogP contribution in [0.25, 0.3) is 10.9 Å². The van der Waals surface area contributed by atoms with Crippen molar-refractivity contribution in [3.8, 4) is 17.2 Å². The summed E-state index contributed by atoms with van der Waals surface area (Å²) < 4.78 is 11.3. The second-order valence-corrected chi connectivity index (χ2v) is 5.51. The van der Waals surface area contributed by atoms with Gasteiger partial charge in [-0.3, -0.25) is 9.78 Å². The van der Waals surface area contributed by atoms with E-state index in [0.29, 0.717) is 22.9 Å². The van der Waals surface area contributed by atoms with Crippen molar-refractivity contribution >= 4 is 22.5 Å². The third-order valence-electron chi connectivity index (χ3n) is 3.52. The summed E-state index contributed by atoms with van der Waals surface area (Å²) in [6, 6.07) is 13.1. The van der Waals surface area contributed by atoms with Crippen LogP contribution in [-0.2, 0) is 4.79 Å². The molecule has 5 heteroatoms. The van der Waals surface area contributed by atoms with Crippen LogP contribution in [0.4, 0.5) is 5.69 Å². The minimum Gasteiger partial charge on any atom is -0.497 e. The number of anilines is 1. The lowest BCUT2D eigenvalue weighted by Gasteiger charge is -2.12. The second-order valence-electron chi connectivity index (χ2n) is 5.51. The lowest BCUT2D eigenvalue weighted by molar-refractivity contribution is -0.114. The van der Waals surface area contributed by atoms with Crippen molar-refractivity contribution in [2.45, 2.75) is 13.8 Å². The predicted molar refractivity (Wildman–Crippen MR) is 93.9 cm³/mol. The Kier molecular flexibility index (Phi) is 4.33. The normalized spacial score (nSPS) is 10.5. The number of carbonyl (C=O) groups excluding carboxylic acids is 1. The van der Waals surface area contributed by atoms with Crippen molar-refractivity contribution in [2.24, 2.45) is 0 Å². The average Bonchev–Trinajstić information content (AvgIpc) is 2.54. The summed E-state index contributed by atoms with van der Waals surface area (Å²) in [5, 5.41) is 3.67. The number of fused-ring (bicyclic) bond motifs is 1. The molecule has 0 bridgehead atoms. The zero-order valence-electron chi connectivity index (χ0n) is 13.8. The fourth-order valence-corrected chi connectivity index (χ4v) is 2.47. The van der Waals surface area contributed by atoms with Crippen LogP contribution in [0.3, 0.4) is 0 Å². The first-order chi connectivity index (χ1) is 11.5. The van der Waals surface area contributed by atoms with E-state index in [4.69, 9.17) is 9.47 Å². The van der Waals surface area contributed by atoms with E-state index >= 15 is 0 Å². The highest BCUT2D eigenvalue weighted by Gasteiger charge is 2.08. The van der Waals surface area contributed by atoms with E-state index in [0.717, 1.165) is 16.5 Å². The Bertz CT molecular complexity index is 906. The molecule has 0 aliphatic heterocycles. The number of pyridine rings is 1. The molecular weight excluding hydrogens is 304 g/mol. The molecule has 1 N–H and O–H groups in total. The van der Waals surface area contributed by atoms with Gasteiger partial charge in [0.2, 0.25) is 5.91 Å². The van der Waals surface area contributed by atoms with Crippen molar-refractivity contribution in [3.05, 3.63) is 54.2 Å². The molecule has 1 aromatic heterocycles. The first kappa shape index (κ1) is 15.8. The number of nitrogens with one attached hydrogen (secondary N) is 1.